The molecule has 0 radical (unpaired) electrons. The van der Waals surface area contributed by atoms with Crippen LogP contribution in [0.5, 0.6) is 5.75 Å². The van der Waals surface area contributed by atoms with Gasteiger partial charge in [0.15, 0.2) is 0 Å². The first-order valence-corrected chi connectivity index (χ1v) is 7.10. The summed E-state index contributed by atoms with van der Waals surface area (Å²) in [6.45, 7) is 10.1. The minimum atomic E-state index is 0.667. The van der Waals surface area contributed by atoms with Crippen LogP contribution in [0.1, 0.15) is 11.1 Å². The summed E-state index contributed by atoms with van der Waals surface area (Å²) in [5.74, 6) is 2.30. The van der Waals surface area contributed by atoms with E-state index < -0.39 is 0 Å². The molecule has 0 aliphatic heterocycles. The second kappa shape index (κ2) is 7.84. The number of hydrogen-bond acceptors (Lipinski definition) is 3. The first kappa shape index (κ1) is 15.6. The first-order valence-electron chi connectivity index (χ1n) is 7.10. The zero-order valence-electron chi connectivity index (χ0n) is 12.8. The highest BCUT2D eigenvalue weighted by Crippen LogP contribution is 2.17. The number of aryl methyl sites for hydroxylation is 1. The van der Waals surface area contributed by atoms with E-state index in [4.69, 9.17) is 4.74 Å². The third-order valence-corrected chi connectivity index (χ3v) is 3.01. The van der Waals surface area contributed by atoms with Crippen LogP contribution in [0, 0.1) is 6.92 Å². The molecular weight excluding hydrogens is 272 g/mol. The van der Waals surface area contributed by atoms with E-state index in [2.05, 4.69) is 23.5 Å². The van der Waals surface area contributed by atoms with E-state index in [9.17, 15) is 0 Å². The van der Waals surface area contributed by atoms with Crippen molar-refractivity contribution >= 4 is 5.82 Å². The Balaban J connectivity index is 2.03. The third kappa shape index (κ3) is 4.63. The average Bonchev–Trinajstić information content (AvgIpc) is 2.53. The smallest absolute Gasteiger partial charge is 0.127 e. The summed E-state index contributed by atoms with van der Waals surface area (Å²) in [6.07, 6.45) is 6.90. The summed E-state index contributed by atoms with van der Waals surface area (Å²) in [7, 11) is 0. The van der Waals surface area contributed by atoms with Crippen molar-refractivity contribution in [3.63, 3.8) is 0 Å². The van der Waals surface area contributed by atoms with Crippen molar-refractivity contribution < 1.29 is 4.74 Å². The molecule has 0 saturated heterocycles. The highest BCUT2D eigenvalue weighted by molar-refractivity contribution is 5.39. The number of nitrogens with one attached hydrogen (secondary N) is 1. The van der Waals surface area contributed by atoms with Gasteiger partial charge in [0.1, 0.15) is 17.3 Å². The largest absolute Gasteiger partial charge is 0.457 e. The molecule has 0 fully saturated rings. The van der Waals surface area contributed by atoms with E-state index in [0.717, 1.165) is 17.1 Å². The molecule has 1 aromatic carbocycles. The van der Waals surface area contributed by atoms with Crippen LogP contribution in [0.3, 0.4) is 0 Å². The molecular formula is C19H20N2O. The van der Waals surface area contributed by atoms with Crippen LogP contribution >= 0.6 is 0 Å². The molecule has 112 valence electrons. The van der Waals surface area contributed by atoms with Crippen molar-refractivity contribution in [2.24, 2.45) is 0 Å². The predicted octanol–water partition coefficient (Wildman–Crippen LogP) is 4.64. The summed E-state index contributed by atoms with van der Waals surface area (Å²) in [5.41, 5.74) is 2.29. The topological polar surface area (TPSA) is 34.1 Å². The number of anilines is 1. The number of rotatable bonds is 7. The Labute approximate surface area is 131 Å². The van der Waals surface area contributed by atoms with Gasteiger partial charge in [-0.1, -0.05) is 31.4 Å². The quantitative estimate of drug-likeness (QED) is 0.596. The van der Waals surface area contributed by atoms with Crippen molar-refractivity contribution in [3.05, 3.63) is 90.9 Å². The van der Waals surface area contributed by atoms with Crippen LogP contribution in [-0.4, -0.2) is 4.98 Å². The lowest BCUT2D eigenvalue weighted by atomic mass is 10.2. The molecule has 0 aliphatic carbocycles. The zero-order chi connectivity index (χ0) is 15.8. The highest BCUT2D eigenvalue weighted by Gasteiger charge is 2.00. The molecule has 0 atom stereocenters. The Bertz CT molecular complexity index is 689. The van der Waals surface area contributed by atoms with E-state index >= 15 is 0 Å². The van der Waals surface area contributed by atoms with Gasteiger partial charge in [0.2, 0.25) is 0 Å². The second-order valence-electron chi connectivity index (χ2n) is 4.83. The molecule has 0 aliphatic rings. The fourth-order valence-corrected chi connectivity index (χ4v) is 1.94. The van der Waals surface area contributed by atoms with Crippen molar-refractivity contribution in [2.45, 2.75) is 13.5 Å². The summed E-state index contributed by atoms with van der Waals surface area (Å²) >= 11 is 0. The molecule has 3 nitrogen and oxygen atoms in total. The van der Waals surface area contributed by atoms with Gasteiger partial charge in [0.25, 0.3) is 0 Å². The van der Waals surface area contributed by atoms with Crippen LogP contribution in [-0.2, 0) is 6.54 Å². The Kier molecular flexibility index (Phi) is 5.55. The number of hydrogen-bond donors (Lipinski definition) is 1. The lowest BCUT2D eigenvalue weighted by molar-refractivity contribution is 0.444. The molecule has 0 spiro atoms. The van der Waals surface area contributed by atoms with Gasteiger partial charge in [0.05, 0.1) is 0 Å². The number of nitrogens with zero attached hydrogens (tertiary/aromatic N) is 1. The Morgan fingerprint density at radius 2 is 2.14 bits per heavy atom. The summed E-state index contributed by atoms with van der Waals surface area (Å²) in [6, 6.07) is 11.9. The van der Waals surface area contributed by atoms with Crippen molar-refractivity contribution in [2.75, 3.05) is 5.32 Å². The number of ether oxygens (including phenoxy) is 1. The van der Waals surface area contributed by atoms with E-state index in [1.165, 1.54) is 5.56 Å². The predicted molar refractivity (Wildman–Crippen MR) is 91.8 cm³/mol. The first-order chi connectivity index (χ1) is 10.7. The van der Waals surface area contributed by atoms with Gasteiger partial charge in [-0.15, -0.1) is 0 Å². The third-order valence-electron chi connectivity index (χ3n) is 3.01. The monoisotopic (exact) mass is 292 g/mol. The lowest BCUT2D eigenvalue weighted by Gasteiger charge is -2.09. The Hall–Kier alpha value is -2.81. The number of aromatic nitrogens is 1. The van der Waals surface area contributed by atoms with Crippen molar-refractivity contribution in [1.82, 2.24) is 4.98 Å². The zero-order valence-corrected chi connectivity index (χ0v) is 12.8. The molecule has 22 heavy (non-hydrogen) atoms. The number of pyridine rings is 1. The molecule has 0 bridgehead atoms. The van der Waals surface area contributed by atoms with Gasteiger partial charge in [-0.3, -0.25) is 0 Å². The molecule has 1 aromatic heterocycles. The maximum absolute atomic E-state index is 5.74. The molecule has 0 amide bonds. The number of benzene rings is 1. The van der Waals surface area contributed by atoms with Gasteiger partial charge >= 0.3 is 0 Å². The van der Waals surface area contributed by atoms with Crippen LogP contribution in [0.2, 0.25) is 0 Å². The van der Waals surface area contributed by atoms with E-state index in [-0.39, 0.29) is 0 Å². The molecule has 1 heterocycles. The van der Waals surface area contributed by atoms with Crippen molar-refractivity contribution in [1.29, 1.82) is 0 Å². The number of allylic oxidation sites excluding steroid dienone is 3. The molecule has 3 heteroatoms. The maximum Gasteiger partial charge on any atom is 0.127 e. The molecule has 0 unspecified atom stereocenters. The van der Waals surface area contributed by atoms with Crippen LogP contribution in [0.25, 0.3) is 0 Å². The highest BCUT2D eigenvalue weighted by atomic mass is 16.5. The SMILES string of the molecule is C=C/C=C(\C=C)Oc1cccc(CNc2cc(C)ccn2)c1. The minimum Gasteiger partial charge on any atom is -0.457 e. The van der Waals surface area contributed by atoms with Gasteiger partial charge in [-0.05, 0) is 54.5 Å². The average molecular weight is 292 g/mol. The van der Waals surface area contributed by atoms with Crippen molar-refractivity contribution in [3.8, 4) is 5.75 Å². The summed E-state index contributed by atoms with van der Waals surface area (Å²) in [4.78, 5) is 4.29. The van der Waals surface area contributed by atoms with Gasteiger partial charge in [-0.25, -0.2) is 4.98 Å². The van der Waals surface area contributed by atoms with Crippen LogP contribution in [0.4, 0.5) is 5.82 Å². The van der Waals surface area contributed by atoms with Gasteiger partial charge in [0, 0.05) is 12.7 Å². The van der Waals surface area contributed by atoms with E-state index in [1.54, 1.807) is 24.4 Å². The molecule has 2 rings (SSSR count). The lowest BCUT2D eigenvalue weighted by Crippen LogP contribution is -2.02. The van der Waals surface area contributed by atoms with Gasteiger partial charge < -0.3 is 10.1 Å². The summed E-state index contributed by atoms with van der Waals surface area (Å²) < 4.78 is 5.74. The standard InChI is InChI=1S/C19H20N2O/c1-4-7-17(5-2)22-18-9-6-8-16(13-18)14-21-19-12-15(3)10-11-20-19/h4-13H,1-2,14H2,3H3,(H,20,21)/b17-7+. The normalized spacial score (nSPS) is 10.9. The van der Waals surface area contributed by atoms with Gasteiger partial charge in [-0.2, -0.15) is 0 Å². The molecule has 0 saturated carbocycles. The van der Waals surface area contributed by atoms with E-state index in [1.807, 2.05) is 43.3 Å². The Morgan fingerprint density at radius 3 is 2.86 bits per heavy atom. The minimum absolute atomic E-state index is 0.667. The van der Waals surface area contributed by atoms with E-state index in [0.29, 0.717) is 12.3 Å². The van der Waals surface area contributed by atoms with Crippen LogP contribution in [0.15, 0.2) is 79.7 Å². The maximum atomic E-state index is 5.74. The Morgan fingerprint density at radius 1 is 1.27 bits per heavy atom. The fraction of sp³-hybridized carbons (Fsp3) is 0.105. The fourth-order valence-electron chi connectivity index (χ4n) is 1.94. The molecule has 1 N–H and O–H groups in total. The second-order valence-corrected chi connectivity index (χ2v) is 4.83. The summed E-state index contributed by atoms with van der Waals surface area (Å²) in [5, 5.41) is 3.30. The van der Waals surface area contributed by atoms with Crippen LogP contribution < -0.4 is 10.1 Å². The molecule has 2 aromatic rings.